The number of rotatable bonds is 6. The third-order valence-electron chi connectivity index (χ3n) is 3.54. The fourth-order valence-electron chi connectivity index (χ4n) is 2.50. The second kappa shape index (κ2) is 6.52. The van der Waals surface area contributed by atoms with Gasteiger partial charge >= 0.3 is 5.97 Å². The first-order chi connectivity index (χ1) is 9.54. The highest BCUT2D eigenvalue weighted by Crippen LogP contribution is 2.18. The second-order valence-electron chi connectivity index (χ2n) is 5.36. The van der Waals surface area contributed by atoms with Gasteiger partial charge in [0.25, 0.3) is 0 Å². The third-order valence-corrected chi connectivity index (χ3v) is 3.54. The minimum Gasteiger partial charge on any atom is -0.481 e. The van der Waals surface area contributed by atoms with Crippen molar-refractivity contribution in [2.45, 2.75) is 19.4 Å². The summed E-state index contributed by atoms with van der Waals surface area (Å²) in [6, 6.07) is 9.79. The standard InChI is InChI=1S/C15H20N2O3/c1-11(13-5-3-2-4-6-13)16-14(18)10-17-8-12(9-17)7-15(19)20/h2-6,11-12H,7-10H2,1H3,(H,16,18)(H,19,20). The molecule has 5 heteroatoms. The van der Waals surface area contributed by atoms with Crippen LogP contribution in [0.25, 0.3) is 0 Å². The number of carbonyl (C=O) groups excluding carboxylic acids is 1. The number of carbonyl (C=O) groups is 2. The summed E-state index contributed by atoms with van der Waals surface area (Å²) in [4.78, 5) is 24.4. The largest absolute Gasteiger partial charge is 0.481 e. The fourth-order valence-corrected chi connectivity index (χ4v) is 2.50. The molecule has 2 N–H and O–H groups in total. The number of nitrogens with one attached hydrogen (secondary N) is 1. The van der Waals surface area contributed by atoms with Crippen LogP contribution in [0.15, 0.2) is 30.3 Å². The van der Waals surface area contributed by atoms with Crippen LogP contribution in [0.2, 0.25) is 0 Å². The van der Waals surface area contributed by atoms with E-state index < -0.39 is 5.97 Å². The molecule has 1 amide bonds. The van der Waals surface area contributed by atoms with Crippen LogP contribution in [0.1, 0.15) is 24.9 Å². The highest BCUT2D eigenvalue weighted by molar-refractivity contribution is 5.78. The lowest BCUT2D eigenvalue weighted by molar-refractivity contribution is -0.139. The minimum absolute atomic E-state index is 0.0141. The number of carboxylic acids is 1. The van der Waals surface area contributed by atoms with E-state index in [1.807, 2.05) is 42.2 Å². The van der Waals surface area contributed by atoms with E-state index in [-0.39, 0.29) is 24.3 Å². The highest BCUT2D eigenvalue weighted by atomic mass is 16.4. The van der Waals surface area contributed by atoms with Crippen molar-refractivity contribution in [3.8, 4) is 0 Å². The molecule has 2 rings (SSSR count). The van der Waals surface area contributed by atoms with Crippen molar-refractivity contribution < 1.29 is 14.7 Å². The molecule has 1 aromatic carbocycles. The van der Waals surface area contributed by atoms with E-state index in [0.717, 1.165) is 5.56 Å². The molecular formula is C15H20N2O3. The number of hydrogen-bond acceptors (Lipinski definition) is 3. The van der Waals surface area contributed by atoms with Crippen molar-refractivity contribution in [2.75, 3.05) is 19.6 Å². The van der Waals surface area contributed by atoms with E-state index in [2.05, 4.69) is 5.32 Å². The number of aliphatic carboxylic acids is 1. The molecule has 108 valence electrons. The Balaban J connectivity index is 1.70. The van der Waals surface area contributed by atoms with Gasteiger partial charge < -0.3 is 10.4 Å². The lowest BCUT2D eigenvalue weighted by Gasteiger charge is -2.38. The van der Waals surface area contributed by atoms with Crippen molar-refractivity contribution in [1.82, 2.24) is 10.2 Å². The Hall–Kier alpha value is -1.88. The maximum absolute atomic E-state index is 11.9. The van der Waals surface area contributed by atoms with Gasteiger partial charge in [-0.25, -0.2) is 0 Å². The summed E-state index contributed by atoms with van der Waals surface area (Å²) >= 11 is 0. The SMILES string of the molecule is CC(NC(=O)CN1CC(CC(=O)O)C1)c1ccccc1. The van der Waals surface area contributed by atoms with E-state index in [1.54, 1.807) is 0 Å². The van der Waals surface area contributed by atoms with E-state index in [1.165, 1.54) is 0 Å². The van der Waals surface area contributed by atoms with Gasteiger partial charge in [0, 0.05) is 13.1 Å². The Bertz CT molecular complexity index is 469. The van der Waals surface area contributed by atoms with Crippen molar-refractivity contribution in [2.24, 2.45) is 5.92 Å². The average molecular weight is 276 g/mol. The molecule has 1 aliphatic rings. The third kappa shape index (κ3) is 4.06. The second-order valence-corrected chi connectivity index (χ2v) is 5.36. The van der Waals surface area contributed by atoms with E-state index >= 15 is 0 Å². The van der Waals surface area contributed by atoms with Gasteiger partial charge in [-0.15, -0.1) is 0 Å². The molecule has 0 saturated carbocycles. The van der Waals surface area contributed by atoms with Gasteiger partial charge in [-0.2, -0.15) is 0 Å². The summed E-state index contributed by atoms with van der Waals surface area (Å²) < 4.78 is 0. The monoisotopic (exact) mass is 276 g/mol. The molecule has 1 saturated heterocycles. The summed E-state index contributed by atoms with van der Waals surface area (Å²) in [6.45, 7) is 3.68. The van der Waals surface area contributed by atoms with E-state index in [9.17, 15) is 9.59 Å². The van der Waals surface area contributed by atoms with E-state index in [4.69, 9.17) is 5.11 Å². The molecular weight excluding hydrogens is 256 g/mol. The number of carboxylic acid groups (broad SMARTS) is 1. The zero-order valence-corrected chi connectivity index (χ0v) is 11.6. The van der Waals surface area contributed by atoms with Gasteiger partial charge in [0.05, 0.1) is 19.0 Å². The van der Waals surface area contributed by atoms with Gasteiger partial charge in [0.2, 0.25) is 5.91 Å². The van der Waals surface area contributed by atoms with Crippen LogP contribution in [0, 0.1) is 5.92 Å². The van der Waals surface area contributed by atoms with Crippen molar-refractivity contribution in [3.05, 3.63) is 35.9 Å². The average Bonchev–Trinajstić information content (AvgIpc) is 2.36. The summed E-state index contributed by atoms with van der Waals surface area (Å²) in [5, 5.41) is 11.6. The topological polar surface area (TPSA) is 69.6 Å². The maximum atomic E-state index is 11.9. The van der Waals surface area contributed by atoms with Gasteiger partial charge in [0.15, 0.2) is 0 Å². The molecule has 0 bridgehead atoms. The van der Waals surface area contributed by atoms with Crippen LogP contribution in [0.3, 0.4) is 0 Å². The quantitative estimate of drug-likeness (QED) is 0.821. The molecule has 20 heavy (non-hydrogen) atoms. The lowest BCUT2D eigenvalue weighted by Crippen LogP contribution is -2.51. The summed E-state index contributed by atoms with van der Waals surface area (Å²) in [5.41, 5.74) is 1.08. The Morgan fingerprint density at radius 3 is 2.60 bits per heavy atom. The summed E-state index contributed by atoms with van der Waals surface area (Å²) in [5.74, 6) is -0.598. The molecule has 1 unspecified atom stereocenters. The molecule has 1 fully saturated rings. The molecule has 0 radical (unpaired) electrons. The van der Waals surface area contributed by atoms with Crippen molar-refractivity contribution in [3.63, 3.8) is 0 Å². The first-order valence-electron chi connectivity index (χ1n) is 6.83. The van der Waals surface area contributed by atoms with Crippen LogP contribution in [0.5, 0.6) is 0 Å². The number of nitrogens with zero attached hydrogens (tertiary/aromatic N) is 1. The van der Waals surface area contributed by atoms with Gasteiger partial charge in [0.1, 0.15) is 0 Å². The Kier molecular flexibility index (Phi) is 4.74. The van der Waals surface area contributed by atoms with Crippen LogP contribution in [-0.4, -0.2) is 41.5 Å². The minimum atomic E-state index is -0.767. The number of benzene rings is 1. The van der Waals surface area contributed by atoms with Crippen LogP contribution in [-0.2, 0) is 9.59 Å². The zero-order chi connectivity index (χ0) is 14.5. The molecule has 5 nitrogen and oxygen atoms in total. The normalized spacial score (nSPS) is 17.2. The van der Waals surface area contributed by atoms with Gasteiger partial charge in [-0.05, 0) is 18.4 Å². The summed E-state index contributed by atoms with van der Waals surface area (Å²) in [7, 11) is 0. The summed E-state index contributed by atoms with van der Waals surface area (Å²) in [6.07, 6.45) is 0.193. The molecule has 1 aliphatic heterocycles. The van der Waals surface area contributed by atoms with Gasteiger partial charge in [-0.1, -0.05) is 30.3 Å². The molecule has 1 aromatic rings. The molecule has 0 aromatic heterocycles. The lowest BCUT2D eigenvalue weighted by atomic mass is 9.96. The first kappa shape index (κ1) is 14.5. The first-order valence-corrected chi connectivity index (χ1v) is 6.83. The Labute approximate surface area is 118 Å². The highest BCUT2D eigenvalue weighted by Gasteiger charge is 2.29. The Morgan fingerprint density at radius 1 is 1.35 bits per heavy atom. The predicted octanol–water partition coefficient (Wildman–Crippen LogP) is 1.27. The predicted molar refractivity (Wildman–Crippen MR) is 75.2 cm³/mol. The Morgan fingerprint density at radius 2 is 2.00 bits per heavy atom. The number of likely N-dealkylation sites (tertiary alicyclic amines) is 1. The number of amides is 1. The van der Waals surface area contributed by atoms with Gasteiger partial charge in [-0.3, -0.25) is 14.5 Å². The fraction of sp³-hybridized carbons (Fsp3) is 0.467. The van der Waals surface area contributed by atoms with Crippen LogP contribution < -0.4 is 5.32 Å². The van der Waals surface area contributed by atoms with Crippen LogP contribution >= 0.6 is 0 Å². The molecule has 1 heterocycles. The maximum Gasteiger partial charge on any atom is 0.303 e. The van der Waals surface area contributed by atoms with E-state index in [0.29, 0.717) is 19.6 Å². The smallest absolute Gasteiger partial charge is 0.303 e. The number of hydrogen-bond donors (Lipinski definition) is 2. The molecule has 0 aliphatic carbocycles. The molecule has 1 atom stereocenters. The van der Waals surface area contributed by atoms with Crippen molar-refractivity contribution in [1.29, 1.82) is 0 Å². The zero-order valence-electron chi connectivity index (χ0n) is 11.6. The van der Waals surface area contributed by atoms with Crippen LogP contribution in [0.4, 0.5) is 0 Å². The van der Waals surface area contributed by atoms with Crippen molar-refractivity contribution >= 4 is 11.9 Å². The molecule has 0 spiro atoms.